The van der Waals surface area contributed by atoms with Crippen molar-refractivity contribution in [3.05, 3.63) is 34.9 Å². The topological polar surface area (TPSA) is 92.0 Å². The van der Waals surface area contributed by atoms with Gasteiger partial charge in [-0.25, -0.2) is 4.79 Å². The van der Waals surface area contributed by atoms with Gasteiger partial charge in [-0.05, 0) is 29.5 Å². The monoisotopic (exact) mass is 273 g/mol. The van der Waals surface area contributed by atoms with Crippen molar-refractivity contribution in [3.63, 3.8) is 0 Å². The van der Waals surface area contributed by atoms with E-state index in [1.165, 1.54) is 0 Å². The van der Waals surface area contributed by atoms with Crippen LogP contribution in [0.15, 0.2) is 18.2 Å². The van der Waals surface area contributed by atoms with Crippen LogP contribution in [0.3, 0.4) is 0 Å². The molecule has 106 valence electrons. The number of hydrogen-bond acceptors (Lipinski definition) is 3. The van der Waals surface area contributed by atoms with Crippen LogP contribution in [0.4, 0.5) is 5.82 Å². The van der Waals surface area contributed by atoms with Crippen LogP contribution >= 0.6 is 0 Å². The molecule has 0 atom stereocenters. The van der Waals surface area contributed by atoms with Crippen molar-refractivity contribution in [2.24, 2.45) is 0 Å². The van der Waals surface area contributed by atoms with E-state index in [0.29, 0.717) is 5.69 Å². The number of carboxylic acids is 1. The predicted molar refractivity (Wildman–Crippen MR) is 78.8 cm³/mol. The van der Waals surface area contributed by atoms with Gasteiger partial charge in [-0.2, -0.15) is 5.10 Å². The summed E-state index contributed by atoms with van der Waals surface area (Å²) >= 11 is 0. The van der Waals surface area contributed by atoms with Crippen molar-refractivity contribution < 1.29 is 9.90 Å². The van der Waals surface area contributed by atoms with Crippen LogP contribution in [-0.4, -0.2) is 21.3 Å². The minimum absolute atomic E-state index is 0.00746. The molecule has 20 heavy (non-hydrogen) atoms. The SMILES string of the molecule is Cc1ccc(C(C)(C)C)cc1-c1[nH]nc(N)c1C(=O)O. The molecule has 2 aromatic rings. The first kappa shape index (κ1) is 14.1. The summed E-state index contributed by atoms with van der Waals surface area (Å²) < 4.78 is 0. The number of carbonyl (C=O) groups is 1. The number of hydrogen-bond donors (Lipinski definition) is 3. The lowest BCUT2D eigenvalue weighted by atomic mass is 9.84. The summed E-state index contributed by atoms with van der Waals surface area (Å²) in [6, 6.07) is 6.03. The largest absolute Gasteiger partial charge is 0.477 e. The van der Waals surface area contributed by atoms with E-state index in [0.717, 1.165) is 16.7 Å². The van der Waals surface area contributed by atoms with E-state index >= 15 is 0 Å². The Morgan fingerprint density at radius 1 is 1.35 bits per heavy atom. The maximum atomic E-state index is 11.3. The Morgan fingerprint density at radius 2 is 2.00 bits per heavy atom. The van der Waals surface area contributed by atoms with Crippen molar-refractivity contribution >= 4 is 11.8 Å². The normalized spacial score (nSPS) is 11.6. The number of aryl methyl sites for hydroxylation is 1. The summed E-state index contributed by atoms with van der Waals surface area (Å²) in [4.78, 5) is 11.3. The Balaban J connectivity index is 2.67. The lowest BCUT2D eigenvalue weighted by molar-refractivity contribution is 0.0699. The molecule has 0 aliphatic rings. The third-order valence-electron chi connectivity index (χ3n) is 3.38. The van der Waals surface area contributed by atoms with Gasteiger partial charge < -0.3 is 10.8 Å². The van der Waals surface area contributed by atoms with Gasteiger partial charge in [0.15, 0.2) is 5.82 Å². The van der Waals surface area contributed by atoms with Gasteiger partial charge in [0.05, 0.1) is 5.69 Å². The number of nitrogens with two attached hydrogens (primary N) is 1. The van der Waals surface area contributed by atoms with Crippen LogP contribution < -0.4 is 5.73 Å². The zero-order valence-electron chi connectivity index (χ0n) is 12.1. The van der Waals surface area contributed by atoms with E-state index in [9.17, 15) is 9.90 Å². The molecule has 0 unspecified atom stereocenters. The highest BCUT2D eigenvalue weighted by molar-refractivity contribution is 5.99. The van der Waals surface area contributed by atoms with Crippen LogP contribution in [0.2, 0.25) is 0 Å². The Morgan fingerprint density at radius 3 is 2.55 bits per heavy atom. The average Bonchev–Trinajstić information content (AvgIpc) is 2.70. The Labute approximate surface area is 117 Å². The lowest BCUT2D eigenvalue weighted by Crippen LogP contribution is -2.11. The van der Waals surface area contributed by atoms with Gasteiger partial charge in [0.1, 0.15) is 5.56 Å². The molecule has 0 bridgehead atoms. The maximum Gasteiger partial charge on any atom is 0.341 e. The van der Waals surface area contributed by atoms with Crippen molar-refractivity contribution in [2.45, 2.75) is 33.1 Å². The summed E-state index contributed by atoms with van der Waals surface area (Å²) in [5.74, 6) is -1.07. The molecule has 1 aromatic carbocycles. The second-order valence-electron chi connectivity index (χ2n) is 5.94. The van der Waals surface area contributed by atoms with Crippen LogP contribution in [-0.2, 0) is 5.41 Å². The second kappa shape index (κ2) is 4.67. The number of carboxylic acid groups (broad SMARTS) is 1. The number of anilines is 1. The molecule has 0 radical (unpaired) electrons. The summed E-state index contributed by atoms with van der Waals surface area (Å²) in [6.45, 7) is 8.27. The standard InChI is InChI=1S/C15H19N3O2/c1-8-5-6-9(15(2,3)4)7-10(8)12-11(14(19)20)13(16)18-17-12/h5-7H,1-4H3,(H,19,20)(H3,16,17,18). The second-order valence-corrected chi connectivity index (χ2v) is 5.94. The van der Waals surface area contributed by atoms with Gasteiger partial charge in [0.2, 0.25) is 0 Å². The van der Waals surface area contributed by atoms with E-state index in [-0.39, 0.29) is 16.8 Å². The minimum Gasteiger partial charge on any atom is -0.477 e. The minimum atomic E-state index is -1.08. The maximum absolute atomic E-state index is 11.3. The summed E-state index contributed by atoms with van der Waals surface area (Å²) in [7, 11) is 0. The Bertz CT molecular complexity index is 666. The average molecular weight is 273 g/mol. The van der Waals surface area contributed by atoms with E-state index in [1.807, 2.05) is 19.1 Å². The van der Waals surface area contributed by atoms with Gasteiger partial charge >= 0.3 is 5.97 Å². The lowest BCUT2D eigenvalue weighted by Gasteiger charge is -2.20. The van der Waals surface area contributed by atoms with Gasteiger partial charge in [-0.15, -0.1) is 0 Å². The number of aromatic amines is 1. The summed E-state index contributed by atoms with van der Waals surface area (Å²) in [5.41, 5.74) is 9.02. The summed E-state index contributed by atoms with van der Waals surface area (Å²) in [5, 5.41) is 15.8. The number of aromatic carboxylic acids is 1. The Kier molecular flexibility index (Phi) is 3.29. The highest BCUT2D eigenvalue weighted by Crippen LogP contribution is 2.32. The summed E-state index contributed by atoms with van der Waals surface area (Å²) in [6.07, 6.45) is 0. The molecular weight excluding hydrogens is 254 g/mol. The molecule has 0 fully saturated rings. The zero-order chi connectivity index (χ0) is 15.1. The van der Waals surface area contributed by atoms with Gasteiger partial charge in [-0.3, -0.25) is 5.10 Å². The highest BCUT2D eigenvalue weighted by Gasteiger charge is 2.22. The highest BCUT2D eigenvalue weighted by atomic mass is 16.4. The van der Waals surface area contributed by atoms with Gasteiger partial charge in [0, 0.05) is 5.56 Å². The fourth-order valence-electron chi connectivity index (χ4n) is 2.13. The van der Waals surface area contributed by atoms with E-state index in [4.69, 9.17) is 5.73 Å². The molecular formula is C15H19N3O2. The zero-order valence-corrected chi connectivity index (χ0v) is 12.1. The number of aromatic nitrogens is 2. The number of H-pyrrole nitrogens is 1. The third-order valence-corrected chi connectivity index (χ3v) is 3.38. The first-order chi connectivity index (χ1) is 9.21. The fourth-order valence-corrected chi connectivity index (χ4v) is 2.13. The van der Waals surface area contributed by atoms with Crippen LogP contribution in [0, 0.1) is 6.92 Å². The number of nitrogens with zero attached hydrogens (tertiary/aromatic N) is 1. The molecule has 0 spiro atoms. The Hall–Kier alpha value is -2.30. The molecule has 0 saturated carbocycles. The predicted octanol–water partition coefficient (Wildman–Crippen LogP) is 2.96. The molecule has 5 heteroatoms. The molecule has 0 aliphatic carbocycles. The number of nitrogens with one attached hydrogen (secondary N) is 1. The van der Waals surface area contributed by atoms with Crippen LogP contribution in [0.25, 0.3) is 11.3 Å². The smallest absolute Gasteiger partial charge is 0.341 e. The fraction of sp³-hybridized carbons (Fsp3) is 0.333. The van der Waals surface area contributed by atoms with E-state index < -0.39 is 5.97 Å². The molecule has 0 amide bonds. The first-order valence-corrected chi connectivity index (χ1v) is 6.40. The van der Waals surface area contributed by atoms with E-state index in [2.05, 4.69) is 37.0 Å². The molecule has 0 saturated heterocycles. The van der Waals surface area contributed by atoms with Crippen LogP contribution in [0.5, 0.6) is 0 Å². The van der Waals surface area contributed by atoms with Crippen molar-refractivity contribution in [1.82, 2.24) is 10.2 Å². The van der Waals surface area contributed by atoms with Crippen molar-refractivity contribution in [3.8, 4) is 11.3 Å². The molecule has 2 rings (SSSR count). The first-order valence-electron chi connectivity index (χ1n) is 6.40. The number of rotatable bonds is 2. The number of benzene rings is 1. The van der Waals surface area contributed by atoms with Gasteiger partial charge in [-0.1, -0.05) is 32.9 Å². The van der Waals surface area contributed by atoms with Crippen molar-refractivity contribution in [2.75, 3.05) is 5.73 Å². The molecule has 5 nitrogen and oxygen atoms in total. The number of nitrogen functional groups attached to an aromatic ring is 1. The van der Waals surface area contributed by atoms with Crippen LogP contribution in [0.1, 0.15) is 42.3 Å². The third kappa shape index (κ3) is 2.39. The quantitative estimate of drug-likeness (QED) is 0.784. The van der Waals surface area contributed by atoms with Crippen molar-refractivity contribution in [1.29, 1.82) is 0 Å². The molecule has 1 heterocycles. The molecule has 4 N–H and O–H groups in total. The molecule has 0 aliphatic heterocycles. The van der Waals surface area contributed by atoms with Gasteiger partial charge in [0.25, 0.3) is 0 Å². The van der Waals surface area contributed by atoms with E-state index in [1.54, 1.807) is 0 Å². The molecule has 1 aromatic heterocycles.